The van der Waals surface area contributed by atoms with Crippen molar-refractivity contribution in [3.8, 4) is 23.0 Å². The van der Waals surface area contributed by atoms with Gasteiger partial charge in [-0.2, -0.15) is 6.42 Å². The first-order valence-electron chi connectivity index (χ1n) is 30.1. The van der Waals surface area contributed by atoms with Crippen molar-refractivity contribution in [2.45, 2.75) is 194 Å². The molecule has 2 aromatic carbocycles. The van der Waals surface area contributed by atoms with Gasteiger partial charge < -0.3 is 45.8 Å². The second kappa shape index (κ2) is 38.8. The van der Waals surface area contributed by atoms with E-state index in [1.807, 2.05) is 36.4 Å². The van der Waals surface area contributed by atoms with Crippen molar-refractivity contribution in [1.82, 2.24) is 10.2 Å². The van der Waals surface area contributed by atoms with Crippen LogP contribution >= 0.6 is 11.6 Å². The van der Waals surface area contributed by atoms with Crippen molar-refractivity contribution in [2.75, 3.05) is 47.1 Å². The molecule has 2 unspecified atom stereocenters. The fourth-order valence-corrected chi connectivity index (χ4v) is 11.2. The average molecular weight is 1180 g/mol. The number of likely N-dealkylation sites (tertiary alicyclic amines) is 1. The number of hydrogen-bond donors (Lipinski definition) is 2. The number of ether oxygens (including phenoxy) is 6. The maximum Gasteiger partial charge on any atom is 1.00 e. The smallest absolute Gasteiger partial charge is 0.493 e. The largest absolute Gasteiger partial charge is 1.00 e. The Balaban J connectivity index is 0.000000309. The number of aliphatic hydroxyl groups is 1. The number of carbonyl (C=O) groups excluding carboxylic acids is 4. The standard InChI is InChI=1S/C27H35NO5.C16H21NO3.C11H15ClO2.C10H16O.C4H9.CH4.Li/c1-18(2)20-10-8-19(9-11-20)17-32-27(30)28-16-22(15-26(28)29)21-12-13-24(31-3)25(14-21)33-23-6-4-5-7-23;1-19-14-7-6-11(12-9-16(18)17-10-12)8-15(14)20-13-4-2-3-5-13;1-8(2)10-5-3-9(4-6-10)7-14-11(12)13;1-8(2)10-5-3-9(7-11)4-6-10;1-3-4-2;;/h8,12-14,20,22-23H,1,4-7,9-11,15-17H2,2-3H3;6-8,12-13H,2-5,9-10H2,1H3,(H,17,18);3,10H,1,4-7H2,2H3;3,10-11H,1,4-7H2,2H3;1,3-4H2,2H3;1H4;/q;;;;-1;;+1/t20-,22?;;2*10-;;;/m1.11.../s1. The zero-order chi connectivity index (χ0) is 59.6. The van der Waals surface area contributed by atoms with Gasteiger partial charge in [0.15, 0.2) is 23.0 Å². The summed E-state index contributed by atoms with van der Waals surface area (Å²) in [6.07, 6.45) is 28.0. The molecule has 2 heterocycles. The van der Waals surface area contributed by atoms with Crippen molar-refractivity contribution in [3.05, 3.63) is 126 Å². The van der Waals surface area contributed by atoms with Gasteiger partial charge in [0.1, 0.15) is 13.2 Å². The third kappa shape index (κ3) is 24.3. The predicted octanol–water partition coefficient (Wildman–Crippen LogP) is 13.6. The van der Waals surface area contributed by atoms with Crippen LogP contribution in [-0.4, -0.2) is 92.7 Å². The molecule has 0 spiro atoms. The molecule has 0 bridgehead atoms. The number of nitrogens with one attached hydrogen (secondary N) is 1. The zero-order valence-electron chi connectivity index (χ0n) is 51.3. The molecule has 7 aliphatic rings. The minimum Gasteiger partial charge on any atom is -0.493 e. The van der Waals surface area contributed by atoms with Crippen LogP contribution in [0.5, 0.6) is 23.0 Å². The van der Waals surface area contributed by atoms with E-state index in [1.165, 1.54) is 65.7 Å². The van der Waals surface area contributed by atoms with Crippen LogP contribution in [0.1, 0.15) is 193 Å². The molecule has 15 heteroatoms. The Morgan fingerprint density at radius 2 is 1.10 bits per heavy atom. The van der Waals surface area contributed by atoms with Gasteiger partial charge in [-0.15, -0.1) is 0 Å². The van der Waals surface area contributed by atoms with Gasteiger partial charge >= 0.3 is 30.4 Å². The minimum atomic E-state index is -0.729. The SMILES string of the molecule is C.C=C(C)[C@@H]1CC=C(CO)CC1.C=C(C)[C@@H]1CC=C(COC(=O)Cl)CC1.C=C(C)[C@@H]1CC=C(COC(=O)N2CC(c3ccc(OC)c(OC4CCCC4)c3)CC2=O)CC1.COc1ccc(C2CNC(=O)C2)cc1OC1CCCC1.[CH2-]CCC.[Li+]. The van der Waals surface area contributed by atoms with Gasteiger partial charge in [0, 0.05) is 49.4 Å². The molecule has 2 saturated carbocycles. The first-order valence-corrected chi connectivity index (χ1v) is 30.5. The van der Waals surface area contributed by atoms with E-state index in [0.717, 1.165) is 117 Å². The van der Waals surface area contributed by atoms with Crippen molar-refractivity contribution < 1.29 is 71.6 Å². The number of carbonyl (C=O) groups is 4. The third-order valence-electron chi connectivity index (χ3n) is 16.7. The number of amides is 3. The zero-order valence-corrected chi connectivity index (χ0v) is 52.1. The van der Waals surface area contributed by atoms with E-state index in [0.29, 0.717) is 61.5 Å². The number of aliphatic hydroxyl groups excluding tert-OH is 1. The summed E-state index contributed by atoms with van der Waals surface area (Å²) >= 11 is 5.07. The molecule has 3 amide bonds. The number of benzene rings is 2. The molecule has 9 rings (SSSR count). The summed E-state index contributed by atoms with van der Waals surface area (Å²) in [7, 11) is 3.30. The maximum absolute atomic E-state index is 12.6. The van der Waals surface area contributed by atoms with Crippen LogP contribution < -0.4 is 43.1 Å². The molecule has 2 N–H and O–H groups in total. The Labute approximate surface area is 521 Å². The maximum atomic E-state index is 12.6. The molecular weight excluding hydrogens is 1080 g/mol. The Morgan fingerprint density at radius 1 is 0.667 bits per heavy atom. The number of halogens is 1. The summed E-state index contributed by atoms with van der Waals surface area (Å²) in [5.41, 5.74) is 8.59. The van der Waals surface area contributed by atoms with Crippen molar-refractivity contribution in [3.63, 3.8) is 0 Å². The summed E-state index contributed by atoms with van der Waals surface area (Å²) in [6, 6.07) is 11.8. The van der Waals surface area contributed by atoms with Crippen LogP contribution in [0.25, 0.3) is 0 Å². The summed E-state index contributed by atoms with van der Waals surface area (Å²) in [5.74, 6) is 4.87. The second-order valence-electron chi connectivity index (χ2n) is 23.1. The van der Waals surface area contributed by atoms with Crippen LogP contribution in [0.4, 0.5) is 9.59 Å². The second-order valence-corrected chi connectivity index (χ2v) is 23.4. The van der Waals surface area contributed by atoms with Crippen LogP contribution in [0.3, 0.4) is 0 Å². The molecule has 4 fully saturated rings. The van der Waals surface area contributed by atoms with E-state index in [9.17, 15) is 19.2 Å². The summed E-state index contributed by atoms with van der Waals surface area (Å²) < 4.78 is 33.4. The van der Waals surface area contributed by atoms with E-state index < -0.39 is 11.5 Å². The van der Waals surface area contributed by atoms with Gasteiger partial charge in [-0.3, -0.25) is 9.59 Å². The molecule has 13 nitrogen and oxygen atoms in total. The molecule has 5 atom stereocenters. The topological polar surface area (TPSA) is 159 Å². The Hall–Kier alpha value is -5.19. The Morgan fingerprint density at radius 3 is 1.45 bits per heavy atom. The number of unbranched alkanes of at least 4 members (excludes halogenated alkanes) is 1. The first-order chi connectivity index (χ1) is 39.4. The van der Waals surface area contributed by atoms with Crippen LogP contribution in [0, 0.1) is 24.7 Å². The number of allylic oxidation sites excluding steroid dienone is 6. The number of hydrogen-bond acceptors (Lipinski definition) is 11. The van der Waals surface area contributed by atoms with Crippen molar-refractivity contribution in [1.29, 1.82) is 0 Å². The predicted molar refractivity (Wildman–Crippen MR) is 335 cm³/mol. The van der Waals surface area contributed by atoms with Crippen LogP contribution in [-0.2, 0) is 19.1 Å². The summed E-state index contributed by atoms with van der Waals surface area (Å²) in [6.45, 7) is 25.7. The van der Waals surface area contributed by atoms with Gasteiger partial charge in [-0.1, -0.05) is 87.6 Å². The quantitative estimate of drug-likeness (QED) is 0.0672. The van der Waals surface area contributed by atoms with Crippen LogP contribution in [0.2, 0.25) is 0 Å². The minimum absolute atomic E-state index is 0. The molecule has 2 aromatic rings. The molecule has 460 valence electrons. The monoisotopic (exact) mass is 1170 g/mol. The average Bonchev–Trinajstić information content (AvgIpc) is 4.03. The van der Waals surface area contributed by atoms with Gasteiger partial charge in [0.05, 0.1) is 33.0 Å². The number of rotatable bonds is 17. The van der Waals surface area contributed by atoms with Gasteiger partial charge in [0.25, 0.3) is 0 Å². The van der Waals surface area contributed by atoms with Crippen LogP contribution in [0.15, 0.2) is 108 Å². The van der Waals surface area contributed by atoms with Crippen molar-refractivity contribution >= 4 is 34.9 Å². The fourth-order valence-electron chi connectivity index (χ4n) is 11.2. The van der Waals surface area contributed by atoms with E-state index in [4.69, 9.17) is 45.1 Å². The number of methoxy groups -OCH3 is 2. The van der Waals surface area contributed by atoms with Gasteiger partial charge in [-0.05, 0) is 200 Å². The summed E-state index contributed by atoms with van der Waals surface area (Å²) in [5, 5.41) is 11.7. The van der Waals surface area contributed by atoms with E-state index >= 15 is 0 Å². The molecule has 2 aliphatic heterocycles. The Bertz CT molecular complexity index is 2540. The van der Waals surface area contributed by atoms with Crippen molar-refractivity contribution in [2.24, 2.45) is 17.8 Å². The third-order valence-corrected chi connectivity index (χ3v) is 16.9. The van der Waals surface area contributed by atoms with E-state index in [2.05, 4.69) is 77.9 Å². The molecule has 0 aromatic heterocycles. The molecule has 0 radical (unpaired) electrons. The summed E-state index contributed by atoms with van der Waals surface area (Å²) in [4.78, 5) is 48.2. The fraction of sp³-hybridized carbons (Fsp3) is 0.580. The normalized spacial score (nSPS) is 21.8. The molecule has 84 heavy (non-hydrogen) atoms. The number of imide groups is 1. The molecular formula is C69H100ClLiN2O11. The van der Waals surface area contributed by atoms with Gasteiger partial charge in [-0.25, -0.2) is 14.5 Å². The number of nitrogens with zero attached hydrogens (tertiary/aromatic N) is 1. The Kier molecular flexibility index (Phi) is 33.7. The van der Waals surface area contributed by atoms with E-state index in [-0.39, 0.29) is 75.7 Å². The molecule has 2 saturated heterocycles. The first kappa shape index (κ1) is 73.1. The van der Waals surface area contributed by atoms with Gasteiger partial charge in [0.2, 0.25) is 11.8 Å². The molecule has 5 aliphatic carbocycles. The van der Waals surface area contributed by atoms with E-state index in [1.54, 1.807) is 14.2 Å².